The Hall–Kier alpha value is -1.30. The summed E-state index contributed by atoms with van der Waals surface area (Å²) in [6, 6.07) is 4.10. The Morgan fingerprint density at radius 2 is 1.93 bits per heavy atom. The summed E-state index contributed by atoms with van der Waals surface area (Å²) in [5.41, 5.74) is 2.31. The van der Waals surface area contributed by atoms with Gasteiger partial charge in [-0.25, -0.2) is 0 Å². The molecule has 2 aromatic rings. The molecule has 2 heteroatoms. The summed E-state index contributed by atoms with van der Waals surface area (Å²) in [4.78, 5) is 0. The van der Waals surface area contributed by atoms with Crippen molar-refractivity contribution in [3.05, 3.63) is 50.9 Å². The maximum absolute atomic E-state index is 3.06. The first-order valence-electron chi connectivity index (χ1n) is 4.17. The van der Waals surface area contributed by atoms with Crippen LogP contribution in [0.4, 0.5) is 0 Å². The third-order valence-corrected chi connectivity index (χ3v) is 3.02. The van der Waals surface area contributed by atoms with Crippen molar-refractivity contribution in [1.29, 1.82) is 0 Å². The Kier molecular flexibility index (Phi) is 3.18. The molecule has 14 heavy (non-hydrogen) atoms. The van der Waals surface area contributed by atoms with Crippen molar-refractivity contribution >= 4 is 28.7 Å². The van der Waals surface area contributed by atoms with Gasteiger partial charge >= 0.3 is 0 Å². The van der Waals surface area contributed by atoms with Crippen LogP contribution in [0.25, 0.3) is 6.08 Å². The molecule has 0 saturated carbocycles. The van der Waals surface area contributed by atoms with E-state index in [1.54, 1.807) is 22.7 Å². The molecule has 0 bridgehead atoms. The fraction of sp³-hybridized carbons (Fsp3) is 0. The molecular formula is C12H8S2. The first-order valence-corrected chi connectivity index (χ1v) is 6.06. The van der Waals surface area contributed by atoms with Crippen LogP contribution in [0.5, 0.6) is 0 Å². The number of allylic oxidation sites excluding steroid dienone is 1. The maximum atomic E-state index is 3.06. The Labute approximate surface area is 91.5 Å². The zero-order chi connectivity index (χ0) is 9.64. The number of thiophene rings is 2. The lowest BCUT2D eigenvalue weighted by Crippen LogP contribution is -1.61. The number of rotatable bonds is 1. The summed E-state index contributed by atoms with van der Waals surface area (Å²) < 4.78 is 0. The summed E-state index contributed by atoms with van der Waals surface area (Å²) in [5.74, 6) is 6.07. The fourth-order valence-corrected chi connectivity index (χ4v) is 2.18. The summed E-state index contributed by atoms with van der Waals surface area (Å²) in [6.45, 7) is 0. The van der Waals surface area contributed by atoms with Gasteiger partial charge in [0.15, 0.2) is 0 Å². The van der Waals surface area contributed by atoms with Crippen LogP contribution in [-0.2, 0) is 0 Å². The second-order valence-electron chi connectivity index (χ2n) is 2.67. The van der Waals surface area contributed by atoms with Gasteiger partial charge in [0, 0.05) is 10.9 Å². The van der Waals surface area contributed by atoms with Crippen LogP contribution in [0.2, 0.25) is 0 Å². The predicted octanol–water partition coefficient (Wildman–Crippen LogP) is 3.87. The minimum atomic E-state index is 1.09. The summed E-state index contributed by atoms with van der Waals surface area (Å²) in [7, 11) is 0. The lowest BCUT2D eigenvalue weighted by Gasteiger charge is -1.77. The molecule has 0 atom stereocenters. The Morgan fingerprint density at radius 3 is 2.64 bits per heavy atom. The molecule has 0 aliphatic heterocycles. The van der Waals surface area contributed by atoms with Crippen molar-refractivity contribution in [2.45, 2.75) is 0 Å². The van der Waals surface area contributed by atoms with Crippen molar-refractivity contribution in [2.24, 2.45) is 0 Å². The molecular weight excluding hydrogens is 208 g/mol. The van der Waals surface area contributed by atoms with E-state index in [-0.39, 0.29) is 0 Å². The van der Waals surface area contributed by atoms with Gasteiger partial charge in [-0.1, -0.05) is 11.8 Å². The predicted molar refractivity (Wildman–Crippen MR) is 64.6 cm³/mol. The molecule has 0 saturated heterocycles. The normalized spacial score (nSPS) is 10.0. The van der Waals surface area contributed by atoms with Crippen LogP contribution in [-0.4, -0.2) is 0 Å². The zero-order valence-corrected chi connectivity index (χ0v) is 9.07. The molecule has 0 N–H and O–H groups in total. The molecule has 0 amide bonds. The van der Waals surface area contributed by atoms with E-state index >= 15 is 0 Å². The van der Waals surface area contributed by atoms with Crippen LogP contribution in [0.3, 0.4) is 0 Å². The summed E-state index contributed by atoms with van der Waals surface area (Å²) in [6.07, 6.45) is 3.91. The standard InChI is InChI=1S/C12H8S2/c1(3-11-5-7-13-9-11)2-4-12-6-8-14-10-12/h1,3,5-10H/b3-1-. The topological polar surface area (TPSA) is 0 Å². The summed E-state index contributed by atoms with van der Waals surface area (Å²) >= 11 is 3.37. The van der Waals surface area contributed by atoms with Crippen LogP contribution >= 0.6 is 22.7 Å². The van der Waals surface area contributed by atoms with Gasteiger partial charge in [0.2, 0.25) is 0 Å². The van der Waals surface area contributed by atoms with E-state index in [1.165, 1.54) is 5.56 Å². The molecule has 2 aromatic heterocycles. The third-order valence-electron chi connectivity index (χ3n) is 1.64. The fourth-order valence-electron chi connectivity index (χ4n) is 0.968. The van der Waals surface area contributed by atoms with Gasteiger partial charge in [-0.15, -0.1) is 0 Å². The van der Waals surface area contributed by atoms with E-state index in [0.717, 1.165) is 5.56 Å². The molecule has 0 nitrogen and oxygen atoms in total. The average molecular weight is 216 g/mol. The molecule has 0 aromatic carbocycles. The van der Waals surface area contributed by atoms with Crippen molar-refractivity contribution in [1.82, 2.24) is 0 Å². The smallest absolute Gasteiger partial charge is 0.0355 e. The zero-order valence-electron chi connectivity index (χ0n) is 7.44. The second-order valence-corrected chi connectivity index (χ2v) is 4.23. The van der Waals surface area contributed by atoms with Gasteiger partial charge in [0.25, 0.3) is 0 Å². The highest BCUT2D eigenvalue weighted by molar-refractivity contribution is 7.08. The summed E-state index contributed by atoms with van der Waals surface area (Å²) in [5, 5.41) is 8.24. The molecule has 0 aliphatic rings. The number of hydrogen-bond acceptors (Lipinski definition) is 2. The quantitative estimate of drug-likeness (QED) is 0.635. The SMILES string of the molecule is C(#Cc1ccsc1)/C=C\c1ccsc1. The van der Waals surface area contributed by atoms with Gasteiger partial charge in [-0.3, -0.25) is 0 Å². The van der Waals surface area contributed by atoms with E-state index < -0.39 is 0 Å². The van der Waals surface area contributed by atoms with E-state index in [9.17, 15) is 0 Å². The van der Waals surface area contributed by atoms with Gasteiger partial charge in [-0.05, 0) is 46.0 Å². The van der Waals surface area contributed by atoms with Crippen LogP contribution in [0.1, 0.15) is 11.1 Å². The van der Waals surface area contributed by atoms with Gasteiger partial charge in [0.1, 0.15) is 0 Å². The molecule has 2 heterocycles. The number of hydrogen-bond donors (Lipinski definition) is 0. The minimum Gasteiger partial charge on any atom is -0.152 e. The third kappa shape index (κ3) is 2.59. The first-order chi connectivity index (χ1) is 6.95. The van der Waals surface area contributed by atoms with Crippen molar-refractivity contribution in [3.63, 3.8) is 0 Å². The lowest BCUT2D eigenvalue weighted by atomic mass is 10.3. The molecule has 68 valence electrons. The van der Waals surface area contributed by atoms with Crippen molar-refractivity contribution in [3.8, 4) is 11.8 Å². The van der Waals surface area contributed by atoms with Crippen molar-refractivity contribution < 1.29 is 0 Å². The van der Waals surface area contributed by atoms with Gasteiger partial charge in [-0.2, -0.15) is 22.7 Å². The first kappa shape index (κ1) is 9.26. The van der Waals surface area contributed by atoms with E-state index in [2.05, 4.69) is 28.7 Å². The Balaban J connectivity index is 2.00. The van der Waals surface area contributed by atoms with Gasteiger partial charge in [0.05, 0.1) is 0 Å². The molecule has 0 fully saturated rings. The Bertz CT molecular complexity index is 450. The second kappa shape index (κ2) is 4.80. The molecule has 0 aliphatic carbocycles. The monoisotopic (exact) mass is 216 g/mol. The maximum Gasteiger partial charge on any atom is 0.0355 e. The average Bonchev–Trinajstić information content (AvgIpc) is 2.86. The van der Waals surface area contributed by atoms with E-state index in [4.69, 9.17) is 0 Å². The molecule has 0 unspecified atom stereocenters. The lowest BCUT2D eigenvalue weighted by molar-refractivity contribution is 1.85. The van der Waals surface area contributed by atoms with E-state index in [0.29, 0.717) is 0 Å². The molecule has 0 radical (unpaired) electrons. The molecule has 0 spiro atoms. The Morgan fingerprint density at radius 1 is 1.07 bits per heavy atom. The van der Waals surface area contributed by atoms with Gasteiger partial charge < -0.3 is 0 Å². The van der Waals surface area contributed by atoms with Crippen LogP contribution in [0, 0.1) is 11.8 Å². The highest BCUT2D eigenvalue weighted by Gasteiger charge is 1.83. The van der Waals surface area contributed by atoms with E-state index in [1.807, 2.05) is 29.0 Å². The van der Waals surface area contributed by atoms with Crippen LogP contribution in [0.15, 0.2) is 39.7 Å². The van der Waals surface area contributed by atoms with Crippen molar-refractivity contribution in [2.75, 3.05) is 0 Å². The minimum absolute atomic E-state index is 1.09. The molecule has 2 rings (SSSR count). The highest BCUT2D eigenvalue weighted by atomic mass is 32.1. The largest absolute Gasteiger partial charge is 0.152 e. The van der Waals surface area contributed by atoms with Crippen LogP contribution < -0.4 is 0 Å². The highest BCUT2D eigenvalue weighted by Crippen LogP contribution is 2.07.